The molecule has 28 heavy (non-hydrogen) atoms. The first-order valence-corrected chi connectivity index (χ1v) is 10.4. The summed E-state index contributed by atoms with van der Waals surface area (Å²) in [4.78, 5) is 44.5. The SMILES string of the molecule is CN(C(=O)C1CC(=O)N1C(=O)NC(C1CCCCC1)C1CC1)c1ccncc1. The highest BCUT2D eigenvalue weighted by molar-refractivity contribution is 6.11. The fraction of sp³-hybridized carbons (Fsp3) is 0.619. The minimum atomic E-state index is -0.725. The molecule has 2 saturated carbocycles. The number of amides is 4. The number of anilines is 1. The fourth-order valence-corrected chi connectivity index (χ4v) is 4.57. The molecule has 1 saturated heterocycles. The van der Waals surface area contributed by atoms with Crippen molar-refractivity contribution in [1.29, 1.82) is 0 Å². The van der Waals surface area contributed by atoms with E-state index in [2.05, 4.69) is 10.3 Å². The van der Waals surface area contributed by atoms with E-state index in [1.165, 1.54) is 24.2 Å². The van der Waals surface area contributed by atoms with Crippen LogP contribution in [0.2, 0.25) is 0 Å². The average Bonchev–Trinajstić information content (AvgIpc) is 3.55. The lowest BCUT2D eigenvalue weighted by molar-refractivity contribution is -0.147. The number of carbonyl (C=O) groups excluding carboxylic acids is 3. The maximum absolute atomic E-state index is 12.9. The number of hydrogen-bond donors (Lipinski definition) is 1. The van der Waals surface area contributed by atoms with Crippen molar-refractivity contribution in [2.75, 3.05) is 11.9 Å². The molecule has 0 aromatic carbocycles. The molecule has 150 valence electrons. The van der Waals surface area contributed by atoms with Crippen LogP contribution >= 0.6 is 0 Å². The Bertz CT molecular complexity index is 743. The first-order valence-electron chi connectivity index (χ1n) is 10.4. The topological polar surface area (TPSA) is 82.6 Å². The standard InChI is InChI=1S/C21H28N4O3/c1-24(16-9-11-22-12-10-16)20(27)17-13-18(26)25(17)21(28)23-19(15-7-8-15)14-5-3-2-4-6-14/h9-12,14-15,17,19H,2-8,13H2,1H3,(H,23,28). The van der Waals surface area contributed by atoms with Crippen LogP contribution in [0.3, 0.4) is 0 Å². The molecule has 0 radical (unpaired) electrons. The molecule has 2 unspecified atom stereocenters. The van der Waals surface area contributed by atoms with Gasteiger partial charge < -0.3 is 10.2 Å². The second-order valence-electron chi connectivity index (χ2n) is 8.30. The quantitative estimate of drug-likeness (QED) is 0.792. The Morgan fingerprint density at radius 2 is 1.75 bits per heavy atom. The van der Waals surface area contributed by atoms with Crippen molar-refractivity contribution in [3.8, 4) is 0 Å². The van der Waals surface area contributed by atoms with Gasteiger partial charge in [0.1, 0.15) is 6.04 Å². The predicted octanol–water partition coefficient (Wildman–Crippen LogP) is 2.71. The van der Waals surface area contributed by atoms with Crippen molar-refractivity contribution in [1.82, 2.24) is 15.2 Å². The summed E-state index contributed by atoms with van der Waals surface area (Å²) in [6.07, 6.45) is 11.6. The van der Waals surface area contributed by atoms with Crippen molar-refractivity contribution in [2.45, 2.75) is 63.5 Å². The molecule has 0 bridgehead atoms. The van der Waals surface area contributed by atoms with Gasteiger partial charge in [-0.1, -0.05) is 19.3 Å². The van der Waals surface area contributed by atoms with Crippen LogP contribution in [0.5, 0.6) is 0 Å². The first-order chi connectivity index (χ1) is 13.6. The lowest BCUT2D eigenvalue weighted by Crippen LogP contribution is -2.65. The summed E-state index contributed by atoms with van der Waals surface area (Å²) < 4.78 is 0. The third kappa shape index (κ3) is 3.75. The molecule has 3 aliphatic rings. The molecule has 2 aliphatic carbocycles. The Hall–Kier alpha value is -2.44. The van der Waals surface area contributed by atoms with Crippen LogP contribution in [-0.2, 0) is 9.59 Å². The van der Waals surface area contributed by atoms with Crippen LogP contribution in [-0.4, -0.2) is 46.9 Å². The smallest absolute Gasteiger partial charge is 0.325 e. The van der Waals surface area contributed by atoms with Gasteiger partial charge in [0.25, 0.3) is 5.91 Å². The van der Waals surface area contributed by atoms with Crippen LogP contribution in [0.15, 0.2) is 24.5 Å². The Morgan fingerprint density at radius 3 is 2.36 bits per heavy atom. The van der Waals surface area contributed by atoms with E-state index < -0.39 is 12.1 Å². The van der Waals surface area contributed by atoms with Crippen LogP contribution in [0.1, 0.15) is 51.4 Å². The van der Waals surface area contributed by atoms with Crippen molar-refractivity contribution < 1.29 is 14.4 Å². The second kappa shape index (κ2) is 7.89. The van der Waals surface area contributed by atoms with Gasteiger partial charge in [-0.2, -0.15) is 0 Å². The minimum absolute atomic E-state index is 0.0825. The van der Waals surface area contributed by atoms with Crippen molar-refractivity contribution >= 4 is 23.5 Å². The summed E-state index contributed by atoms with van der Waals surface area (Å²) in [5.74, 6) is 0.492. The number of urea groups is 1. The van der Waals surface area contributed by atoms with E-state index in [1.807, 2.05) is 0 Å². The van der Waals surface area contributed by atoms with Gasteiger partial charge in [0.2, 0.25) is 5.91 Å². The third-order valence-corrected chi connectivity index (χ3v) is 6.41. The van der Waals surface area contributed by atoms with E-state index in [0.29, 0.717) is 17.5 Å². The molecule has 4 amide bonds. The Balaban J connectivity index is 1.42. The number of carbonyl (C=O) groups is 3. The van der Waals surface area contributed by atoms with Gasteiger partial charge in [0, 0.05) is 31.2 Å². The molecule has 3 fully saturated rings. The normalized spacial score (nSPS) is 23.7. The number of nitrogens with zero attached hydrogens (tertiary/aromatic N) is 3. The molecule has 2 atom stereocenters. The van der Waals surface area contributed by atoms with Gasteiger partial charge in [-0.05, 0) is 49.7 Å². The number of pyridine rings is 1. The first kappa shape index (κ1) is 18.9. The second-order valence-corrected chi connectivity index (χ2v) is 8.30. The minimum Gasteiger partial charge on any atom is -0.334 e. The number of likely N-dealkylation sites (N-methyl/N-ethyl adjacent to an activating group) is 1. The molecule has 0 spiro atoms. The molecule has 7 nitrogen and oxygen atoms in total. The number of aromatic nitrogens is 1. The van der Waals surface area contributed by atoms with E-state index in [9.17, 15) is 14.4 Å². The molecule has 2 heterocycles. The van der Waals surface area contributed by atoms with E-state index in [0.717, 1.165) is 30.6 Å². The largest absolute Gasteiger partial charge is 0.334 e. The Kier molecular flexibility index (Phi) is 5.33. The summed E-state index contributed by atoms with van der Waals surface area (Å²) in [5, 5.41) is 3.13. The number of imide groups is 1. The number of likely N-dealkylation sites (tertiary alicyclic amines) is 1. The van der Waals surface area contributed by atoms with E-state index >= 15 is 0 Å². The van der Waals surface area contributed by atoms with Crippen molar-refractivity contribution in [3.63, 3.8) is 0 Å². The Morgan fingerprint density at radius 1 is 1.11 bits per heavy atom. The molecule has 1 N–H and O–H groups in total. The van der Waals surface area contributed by atoms with Gasteiger partial charge in [0.05, 0.1) is 6.42 Å². The number of β-lactam (4-membered cyclic amide) rings is 1. The lowest BCUT2D eigenvalue weighted by atomic mass is 9.82. The summed E-state index contributed by atoms with van der Waals surface area (Å²) in [6.45, 7) is 0. The van der Waals surface area contributed by atoms with E-state index in [-0.39, 0.29) is 24.3 Å². The zero-order chi connectivity index (χ0) is 19.7. The molecule has 4 rings (SSSR count). The molecule has 7 heteroatoms. The van der Waals surface area contributed by atoms with Crippen molar-refractivity contribution in [3.05, 3.63) is 24.5 Å². The highest BCUT2D eigenvalue weighted by Gasteiger charge is 2.48. The van der Waals surface area contributed by atoms with Crippen LogP contribution in [0, 0.1) is 11.8 Å². The van der Waals surface area contributed by atoms with Crippen LogP contribution in [0.25, 0.3) is 0 Å². The van der Waals surface area contributed by atoms with Crippen LogP contribution in [0.4, 0.5) is 10.5 Å². The van der Waals surface area contributed by atoms with Gasteiger partial charge in [-0.15, -0.1) is 0 Å². The third-order valence-electron chi connectivity index (χ3n) is 6.41. The molecule has 1 aromatic rings. The molecular weight excluding hydrogens is 356 g/mol. The number of rotatable bonds is 5. The average molecular weight is 384 g/mol. The fourth-order valence-electron chi connectivity index (χ4n) is 4.57. The summed E-state index contributed by atoms with van der Waals surface area (Å²) >= 11 is 0. The van der Waals surface area contributed by atoms with Gasteiger partial charge in [0.15, 0.2) is 0 Å². The lowest BCUT2D eigenvalue weighted by Gasteiger charge is -2.41. The zero-order valence-corrected chi connectivity index (χ0v) is 16.3. The maximum atomic E-state index is 12.9. The summed E-state index contributed by atoms with van der Waals surface area (Å²) in [5.41, 5.74) is 0.692. The van der Waals surface area contributed by atoms with Gasteiger partial charge in [-0.3, -0.25) is 19.5 Å². The molecule has 1 aliphatic heterocycles. The molecule has 1 aromatic heterocycles. The summed E-state index contributed by atoms with van der Waals surface area (Å²) in [7, 11) is 1.66. The van der Waals surface area contributed by atoms with E-state index in [1.54, 1.807) is 31.6 Å². The van der Waals surface area contributed by atoms with Gasteiger partial charge in [-0.25, -0.2) is 4.79 Å². The zero-order valence-electron chi connectivity index (χ0n) is 16.3. The monoisotopic (exact) mass is 384 g/mol. The molecular formula is C21H28N4O3. The van der Waals surface area contributed by atoms with E-state index in [4.69, 9.17) is 0 Å². The maximum Gasteiger partial charge on any atom is 0.325 e. The highest BCUT2D eigenvalue weighted by atomic mass is 16.2. The number of hydrogen-bond acceptors (Lipinski definition) is 4. The number of nitrogens with one attached hydrogen (secondary N) is 1. The van der Waals surface area contributed by atoms with Crippen LogP contribution < -0.4 is 10.2 Å². The highest BCUT2D eigenvalue weighted by Crippen LogP contribution is 2.40. The Labute approximate surface area is 165 Å². The van der Waals surface area contributed by atoms with Crippen molar-refractivity contribution in [2.24, 2.45) is 11.8 Å². The van der Waals surface area contributed by atoms with Gasteiger partial charge >= 0.3 is 6.03 Å². The predicted molar refractivity (Wildman–Crippen MR) is 105 cm³/mol. The summed E-state index contributed by atoms with van der Waals surface area (Å²) in [6, 6.07) is 2.47.